The molecule has 0 aliphatic carbocycles. The Labute approximate surface area is 193 Å². The molecule has 5 rings (SSSR count). The number of halogens is 1. The van der Waals surface area contributed by atoms with Gasteiger partial charge in [0.25, 0.3) is 0 Å². The number of nitrogens with zero attached hydrogens (tertiary/aromatic N) is 4. The molecule has 2 aliphatic rings. The van der Waals surface area contributed by atoms with E-state index >= 15 is 0 Å². The summed E-state index contributed by atoms with van der Waals surface area (Å²) in [6, 6.07) is 6.13. The quantitative estimate of drug-likeness (QED) is 0.475. The van der Waals surface area contributed by atoms with Gasteiger partial charge < -0.3 is 16.0 Å². The first-order chi connectivity index (χ1) is 16.0. The third kappa shape index (κ3) is 4.48. The van der Waals surface area contributed by atoms with Crippen LogP contribution in [-0.4, -0.2) is 58.1 Å². The number of benzene rings is 1. The molecule has 3 aromatic rings. The van der Waals surface area contributed by atoms with Gasteiger partial charge >= 0.3 is 0 Å². The molecule has 2 aliphatic heterocycles. The lowest BCUT2D eigenvalue weighted by molar-refractivity contribution is 0.237. The van der Waals surface area contributed by atoms with Gasteiger partial charge in [-0.3, -0.25) is 10.00 Å². The summed E-state index contributed by atoms with van der Waals surface area (Å²) in [7, 11) is 1.89. The van der Waals surface area contributed by atoms with Gasteiger partial charge in [0, 0.05) is 37.1 Å². The molecule has 2 atom stereocenters. The van der Waals surface area contributed by atoms with Crippen LogP contribution in [0.1, 0.15) is 25.5 Å². The summed E-state index contributed by atoms with van der Waals surface area (Å²) < 4.78 is 16.5. The summed E-state index contributed by atoms with van der Waals surface area (Å²) in [6.45, 7) is 9.83. The zero-order valence-corrected chi connectivity index (χ0v) is 19.2. The molecule has 0 saturated carbocycles. The van der Waals surface area contributed by atoms with Gasteiger partial charge in [0.2, 0.25) is 5.95 Å². The van der Waals surface area contributed by atoms with E-state index in [0.717, 1.165) is 48.3 Å². The minimum absolute atomic E-state index is 0.0166. The van der Waals surface area contributed by atoms with Crippen molar-refractivity contribution < 1.29 is 4.39 Å². The lowest BCUT2D eigenvalue weighted by Crippen LogP contribution is -2.60. The number of piperazine rings is 1. The fourth-order valence-corrected chi connectivity index (χ4v) is 5.01. The van der Waals surface area contributed by atoms with Crippen molar-refractivity contribution in [2.45, 2.75) is 32.0 Å². The molecule has 4 N–H and O–H groups in total. The van der Waals surface area contributed by atoms with Gasteiger partial charge in [-0.05, 0) is 56.5 Å². The number of allylic oxidation sites excluding steroid dienone is 1. The van der Waals surface area contributed by atoms with E-state index in [2.05, 4.69) is 42.9 Å². The second kappa shape index (κ2) is 9.17. The molecule has 2 saturated heterocycles. The van der Waals surface area contributed by atoms with Crippen molar-refractivity contribution in [2.75, 3.05) is 31.5 Å². The maximum Gasteiger partial charge on any atom is 0.224 e. The normalized spacial score (nSPS) is 21.9. The molecule has 0 bridgehead atoms. The van der Waals surface area contributed by atoms with Gasteiger partial charge in [0.15, 0.2) is 5.82 Å². The molecule has 0 radical (unpaired) electrons. The molecule has 4 heterocycles. The second-order valence-corrected chi connectivity index (χ2v) is 9.08. The predicted molar refractivity (Wildman–Crippen MR) is 129 cm³/mol. The molecule has 8 nitrogen and oxygen atoms in total. The van der Waals surface area contributed by atoms with Crippen molar-refractivity contribution in [3.63, 3.8) is 0 Å². The summed E-state index contributed by atoms with van der Waals surface area (Å²) in [4.78, 5) is 8.69. The first-order valence-corrected chi connectivity index (χ1v) is 11.6. The first kappa shape index (κ1) is 21.9. The van der Waals surface area contributed by atoms with E-state index in [1.807, 2.05) is 32.2 Å². The number of aryl methyl sites for hydroxylation is 1. The van der Waals surface area contributed by atoms with E-state index in [-0.39, 0.29) is 11.9 Å². The van der Waals surface area contributed by atoms with E-state index in [1.54, 1.807) is 4.68 Å². The van der Waals surface area contributed by atoms with Crippen LogP contribution < -0.4 is 21.3 Å². The van der Waals surface area contributed by atoms with Crippen LogP contribution in [0.2, 0.25) is 0 Å². The van der Waals surface area contributed by atoms with Gasteiger partial charge in [-0.15, -0.1) is 0 Å². The fourth-order valence-electron chi connectivity index (χ4n) is 5.01. The maximum absolute atomic E-state index is 14.7. The van der Waals surface area contributed by atoms with Crippen molar-refractivity contribution in [1.82, 2.24) is 35.7 Å². The summed E-state index contributed by atoms with van der Waals surface area (Å²) in [5, 5.41) is 19.4. The van der Waals surface area contributed by atoms with Gasteiger partial charge in [-0.25, -0.2) is 14.4 Å². The molecule has 9 heteroatoms. The summed E-state index contributed by atoms with van der Waals surface area (Å²) in [6.07, 6.45) is 3.62. The minimum atomic E-state index is -0.457. The number of hydrogen-bond donors (Lipinski definition) is 4. The largest absolute Gasteiger partial charge is 0.338 e. The average Bonchev–Trinajstić information content (AvgIpc) is 3.16. The number of rotatable bonds is 5. The molecular weight excluding hydrogens is 419 g/mol. The Morgan fingerprint density at radius 3 is 2.76 bits per heavy atom. The molecule has 174 valence electrons. The molecule has 2 unspecified atom stereocenters. The van der Waals surface area contributed by atoms with Crippen LogP contribution in [0.15, 0.2) is 31.0 Å². The molecule has 0 amide bonds. The van der Waals surface area contributed by atoms with Gasteiger partial charge in [0.05, 0.1) is 23.6 Å². The van der Waals surface area contributed by atoms with E-state index < -0.39 is 5.82 Å². The maximum atomic E-state index is 14.7. The molecule has 33 heavy (non-hydrogen) atoms. The van der Waals surface area contributed by atoms with Crippen molar-refractivity contribution >= 4 is 22.4 Å². The Kier molecular flexibility index (Phi) is 6.09. The highest BCUT2D eigenvalue weighted by Crippen LogP contribution is 2.29. The summed E-state index contributed by atoms with van der Waals surface area (Å²) >= 11 is 0. The number of piperidine rings is 1. The smallest absolute Gasteiger partial charge is 0.224 e. The first-order valence-electron chi connectivity index (χ1n) is 11.6. The minimum Gasteiger partial charge on any atom is -0.338 e. The van der Waals surface area contributed by atoms with Crippen molar-refractivity contribution in [1.29, 1.82) is 0 Å². The third-order valence-corrected chi connectivity index (χ3v) is 6.68. The Bertz CT molecular complexity index is 1160. The SMILES string of the molecule is C=C(C)c1c2cc(-c3nc(NC4CNC(C5CCNCC5)CN4)ncc3F)ccc2nn1C. The van der Waals surface area contributed by atoms with Gasteiger partial charge in [0.1, 0.15) is 5.69 Å². The van der Waals surface area contributed by atoms with Crippen LogP contribution in [0, 0.1) is 11.7 Å². The fraction of sp³-hybridized carbons (Fsp3) is 0.458. The molecule has 0 spiro atoms. The zero-order valence-electron chi connectivity index (χ0n) is 19.2. The number of aromatic nitrogens is 4. The number of nitrogens with one attached hydrogen (secondary N) is 4. The van der Waals surface area contributed by atoms with E-state index in [1.165, 1.54) is 19.0 Å². The molecule has 2 fully saturated rings. The molecule has 2 aromatic heterocycles. The van der Waals surface area contributed by atoms with Crippen LogP contribution in [0.5, 0.6) is 0 Å². The number of anilines is 1. The lowest BCUT2D eigenvalue weighted by Gasteiger charge is -2.37. The van der Waals surface area contributed by atoms with Crippen LogP contribution in [0.25, 0.3) is 27.7 Å². The standard InChI is InChI=1S/C24H31FN8/c1-14(2)23-17-10-16(4-5-19(17)32-33(23)3)22-18(25)11-29-24(31-22)30-21-13-27-20(12-28-21)15-6-8-26-9-7-15/h4-5,10-11,15,20-21,26-28H,1,6-9,12-13H2,2-3H3,(H,29,30,31). The second-order valence-electron chi connectivity index (χ2n) is 9.08. The number of fused-ring (bicyclic) bond motifs is 1. The Morgan fingerprint density at radius 2 is 2.03 bits per heavy atom. The van der Waals surface area contributed by atoms with Crippen LogP contribution >= 0.6 is 0 Å². The van der Waals surface area contributed by atoms with Gasteiger partial charge in [-0.1, -0.05) is 12.6 Å². The summed E-state index contributed by atoms with van der Waals surface area (Å²) in [5.41, 5.74) is 3.62. The highest BCUT2D eigenvalue weighted by molar-refractivity contribution is 5.92. The predicted octanol–water partition coefficient (Wildman–Crippen LogP) is 2.50. The number of hydrogen-bond acceptors (Lipinski definition) is 7. The highest BCUT2D eigenvalue weighted by Gasteiger charge is 2.28. The van der Waals surface area contributed by atoms with Crippen molar-refractivity contribution in [3.05, 3.63) is 42.5 Å². The van der Waals surface area contributed by atoms with Gasteiger partial charge in [-0.2, -0.15) is 5.10 Å². The van der Waals surface area contributed by atoms with Crippen LogP contribution in [-0.2, 0) is 7.05 Å². The average molecular weight is 451 g/mol. The van der Waals surface area contributed by atoms with Crippen LogP contribution in [0.3, 0.4) is 0 Å². The Morgan fingerprint density at radius 1 is 1.21 bits per heavy atom. The monoisotopic (exact) mass is 450 g/mol. The Hall–Kier alpha value is -2.88. The topological polar surface area (TPSA) is 91.7 Å². The lowest BCUT2D eigenvalue weighted by atomic mass is 9.89. The molecule has 1 aromatic carbocycles. The van der Waals surface area contributed by atoms with E-state index in [0.29, 0.717) is 23.5 Å². The van der Waals surface area contributed by atoms with E-state index in [9.17, 15) is 4.39 Å². The third-order valence-electron chi connectivity index (χ3n) is 6.68. The summed E-state index contributed by atoms with van der Waals surface area (Å²) in [5.74, 6) is 0.638. The molecular formula is C24H31FN8. The van der Waals surface area contributed by atoms with Crippen molar-refractivity contribution in [2.24, 2.45) is 13.0 Å². The highest BCUT2D eigenvalue weighted by atomic mass is 19.1. The van der Waals surface area contributed by atoms with E-state index in [4.69, 9.17) is 0 Å². The Balaban J connectivity index is 1.33. The zero-order chi connectivity index (χ0) is 22.9. The van der Waals surface area contributed by atoms with Crippen LogP contribution in [0.4, 0.5) is 10.3 Å². The van der Waals surface area contributed by atoms with Crippen molar-refractivity contribution in [3.8, 4) is 11.3 Å².